The van der Waals surface area contributed by atoms with Crippen LogP contribution in [0.4, 0.5) is 0 Å². The molecule has 1 aliphatic rings. The largest absolute Gasteiger partial charge is 0.507 e. The van der Waals surface area contributed by atoms with Gasteiger partial charge in [-0.15, -0.1) is 12.4 Å². The minimum atomic E-state index is -0.100. The van der Waals surface area contributed by atoms with Gasteiger partial charge in [0.25, 0.3) is 5.91 Å². The zero-order valence-corrected chi connectivity index (χ0v) is 13.6. The quantitative estimate of drug-likeness (QED) is 0.867. The number of hydrogen-bond acceptors (Lipinski definition) is 3. The summed E-state index contributed by atoms with van der Waals surface area (Å²) >= 11 is 3.33. The van der Waals surface area contributed by atoms with Crippen LogP contribution in [-0.2, 0) is 0 Å². The fourth-order valence-corrected chi connectivity index (χ4v) is 2.96. The van der Waals surface area contributed by atoms with Gasteiger partial charge in [0, 0.05) is 17.1 Å². The van der Waals surface area contributed by atoms with Gasteiger partial charge >= 0.3 is 0 Å². The second kappa shape index (κ2) is 7.86. The van der Waals surface area contributed by atoms with E-state index in [9.17, 15) is 9.90 Å². The third kappa shape index (κ3) is 3.87. The summed E-state index contributed by atoms with van der Waals surface area (Å²) in [5.74, 6) is -0.0674. The Morgan fingerprint density at radius 1 is 1.45 bits per heavy atom. The number of piperidine rings is 1. The van der Waals surface area contributed by atoms with Gasteiger partial charge in [-0.25, -0.2) is 0 Å². The Bertz CT molecular complexity index is 468. The number of rotatable bonds is 3. The third-order valence-corrected chi connectivity index (χ3v) is 4.07. The van der Waals surface area contributed by atoms with Gasteiger partial charge in [-0.2, -0.15) is 0 Å². The number of carbonyl (C=O) groups is 1. The van der Waals surface area contributed by atoms with Crippen molar-refractivity contribution in [1.82, 2.24) is 4.90 Å². The van der Waals surface area contributed by atoms with Crippen LogP contribution in [0.2, 0.25) is 0 Å². The lowest BCUT2D eigenvalue weighted by atomic mass is 9.98. The average molecular weight is 364 g/mol. The van der Waals surface area contributed by atoms with Crippen LogP contribution in [0.5, 0.6) is 5.75 Å². The molecule has 3 N–H and O–H groups in total. The Labute approximate surface area is 133 Å². The summed E-state index contributed by atoms with van der Waals surface area (Å²) in [6, 6.07) is 5.13. The van der Waals surface area contributed by atoms with Crippen molar-refractivity contribution in [2.75, 3.05) is 13.1 Å². The zero-order valence-electron chi connectivity index (χ0n) is 11.2. The number of carbonyl (C=O) groups excluding carboxylic acids is 1. The summed E-state index contributed by atoms with van der Waals surface area (Å²) in [6.45, 7) is 1.33. The second-order valence-corrected chi connectivity index (χ2v) is 5.80. The molecule has 0 spiro atoms. The van der Waals surface area contributed by atoms with Gasteiger partial charge in [0.2, 0.25) is 0 Å². The fourth-order valence-electron chi connectivity index (χ4n) is 2.59. The Kier molecular flexibility index (Phi) is 6.79. The van der Waals surface area contributed by atoms with E-state index in [1.165, 1.54) is 0 Å². The van der Waals surface area contributed by atoms with Crippen LogP contribution < -0.4 is 5.73 Å². The Morgan fingerprint density at radius 2 is 2.20 bits per heavy atom. The molecule has 0 aromatic heterocycles. The van der Waals surface area contributed by atoms with Crippen molar-refractivity contribution in [3.05, 3.63) is 28.2 Å². The molecule has 1 aliphatic heterocycles. The van der Waals surface area contributed by atoms with E-state index in [0.717, 1.165) is 36.7 Å². The zero-order chi connectivity index (χ0) is 13.8. The molecule has 0 saturated carbocycles. The van der Waals surface area contributed by atoms with E-state index in [2.05, 4.69) is 15.9 Å². The number of aromatic hydroxyl groups is 1. The van der Waals surface area contributed by atoms with Gasteiger partial charge in [0.1, 0.15) is 5.75 Å². The molecule has 1 amide bonds. The van der Waals surface area contributed by atoms with Crippen LogP contribution in [0.1, 0.15) is 36.0 Å². The molecule has 4 nitrogen and oxygen atoms in total. The maximum Gasteiger partial charge on any atom is 0.257 e. The molecule has 1 unspecified atom stereocenters. The number of phenolic OH excluding ortho intramolecular Hbond substituents is 1. The number of benzene rings is 1. The van der Waals surface area contributed by atoms with Gasteiger partial charge in [0.15, 0.2) is 0 Å². The van der Waals surface area contributed by atoms with E-state index in [1.54, 1.807) is 18.2 Å². The lowest BCUT2D eigenvalue weighted by Crippen LogP contribution is -2.44. The Hall–Kier alpha value is -0.780. The fraction of sp³-hybridized carbons (Fsp3) is 0.500. The highest BCUT2D eigenvalue weighted by molar-refractivity contribution is 9.10. The topological polar surface area (TPSA) is 66.6 Å². The number of nitrogens with two attached hydrogens (primary N) is 1. The molecule has 112 valence electrons. The molecular formula is C14H20BrClN2O2. The van der Waals surface area contributed by atoms with Gasteiger partial charge in [-0.05, 0) is 50.4 Å². The molecule has 1 heterocycles. The first-order chi connectivity index (χ1) is 9.13. The van der Waals surface area contributed by atoms with E-state index >= 15 is 0 Å². The molecule has 0 aliphatic carbocycles. The second-order valence-electron chi connectivity index (χ2n) is 4.89. The maximum absolute atomic E-state index is 12.6. The minimum Gasteiger partial charge on any atom is -0.507 e. The number of nitrogens with zero attached hydrogens (tertiary/aromatic N) is 1. The molecular weight excluding hydrogens is 344 g/mol. The van der Waals surface area contributed by atoms with Gasteiger partial charge in [-0.3, -0.25) is 4.79 Å². The van der Waals surface area contributed by atoms with Crippen LogP contribution in [-0.4, -0.2) is 35.0 Å². The van der Waals surface area contributed by atoms with Crippen molar-refractivity contribution >= 4 is 34.2 Å². The highest BCUT2D eigenvalue weighted by atomic mass is 79.9. The predicted molar refractivity (Wildman–Crippen MR) is 85.4 cm³/mol. The SMILES string of the molecule is Cl.NCCC1CCCCN1C(=O)c1cc(Br)ccc1O. The number of amides is 1. The van der Waals surface area contributed by atoms with E-state index < -0.39 is 0 Å². The van der Waals surface area contributed by atoms with Crippen molar-refractivity contribution in [2.45, 2.75) is 31.7 Å². The Balaban J connectivity index is 0.00000200. The van der Waals surface area contributed by atoms with Crippen molar-refractivity contribution < 1.29 is 9.90 Å². The molecule has 1 fully saturated rings. The first-order valence-corrected chi connectivity index (χ1v) is 7.42. The van der Waals surface area contributed by atoms with Crippen molar-refractivity contribution in [3.63, 3.8) is 0 Å². The normalized spacial score (nSPS) is 18.5. The van der Waals surface area contributed by atoms with Crippen LogP contribution in [0.3, 0.4) is 0 Å². The van der Waals surface area contributed by atoms with E-state index in [0.29, 0.717) is 12.1 Å². The molecule has 2 rings (SSSR count). The first-order valence-electron chi connectivity index (χ1n) is 6.63. The molecule has 6 heteroatoms. The van der Waals surface area contributed by atoms with E-state index in [1.807, 2.05) is 4.90 Å². The third-order valence-electron chi connectivity index (χ3n) is 3.58. The molecule has 20 heavy (non-hydrogen) atoms. The molecule has 1 atom stereocenters. The van der Waals surface area contributed by atoms with Gasteiger partial charge < -0.3 is 15.7 Å². The minimum absolute atomic E-state index is 0. The maximum atomic E-state index is 12.6. The number of phenols is 1. The van der Waals surface area contributed by atoms with Crippen molar-refractivity contribution in [2.24, 2.45) is 5.73 Å². The highest BCUT2D eigenvalue weighted by Crippen LogP contribution is 2.27. The van der Waals surface area contributed by atoms with E-state index in [-0.39, 0.29) is 30.1 Å². The monoisotopic (exact) mass is 362 g/mol. The summed E-state index contributed by atoms with van der Waals surface area (Å²) in [6.07, 6.45) is 3.97. The number of hydrogen-bond donors (Lipinski definition) is 2. The van der Waals surface area contributed by atoms with Crippen molar-refractivity contribution in [3.8, 4) is 5.75 Å². The molecule has 1 aromatic rings. The van der Waals surface area contributed by atoms with Gasteiger partial charge in [-0.1, -0.05) is 15.9 Å². The summed E-state index contributed by atoms with van der Waals surface area (Å²) in [5.41, 5.74) is 5.98. The lowest BCUT2D eigenvalue weighted by molar-refractivity contribution is 0.0602. The molecule has 0 bridgehead atoms. The first kappa shape index (κ1) is 17.3. The standard InChI is InChI=1S/C14H19BrN2O2.ClH/c15-10-4-5-13(18)12(9-10)14(19)17-8-2-1-3-11(17)6-7-16;/h4-5,9,11,18H,1-3,6-8,16H2;1H. The van der Waals surface area contributed by atoms with Crippen LogP contribution in [0.15, 0.2) is 22.7 Å². The van der Waals surface area contributed by atoms with E-state index in [4.69, 9.17) is 5.73 Å². The highest BCUT2D eigenvalue weighted by Gasteiger charge is 2.28. The van der Waals surface area contributed by atoms with Crippen LogP contribution >= 0.6 is 28.3 Å². The molecule has 1 aromatic carbocycles. The number of halogens is 2. The summed E-state index contributed by atoms with van der Waals surface area (Å²) < 4.78 is 0.793. The predicted octanol–water partition coefficient (Wildman–Crippen LogP) is 2.92. The van der Waals surface area contributed by atoms with Crippen LogP contribution in [0.25, 0.3) is 0 Å². The molecule has 0 radical (unpaired) electrons. The smallest absolute Gasteiger partial charge is 0.257 e. The average Bonchev–Trinajstić information content (AvgIpc) is 2.42. The molecule has 1 saturated heterocycles. The Morgan fingerprint density at radius 3 is 2.90 bits per heavy atom. The van der Waals surface area contributed by atoms with Crippen LogP contribution in [0, 0.1) is 0 Å². The summed E-state index contributed by atoms with van der Waals surface area (Å²) in [7, 11) is 0. The van der Waals surface area contributed by atoms with Crippen molar-refractivity contribution in [1.29, 1.82) is 0 Å². The number of likely N-dealkylation sites (tertiary alicyclic amines) is 1. The lowest BCUT2D eigenvalue weighted by Gasteiger charge is -2.36. The summed E-state index contributed by atoms with van der Waals surface area (Å²) in [5, 5.41) is 9.86. The summed E-state index contributed by atoms with van der Waals surface area (Å²) in [4.78, 5) is 14.4. The van der Waals surface area contributed by atoms with Gasteiger partial charge in [0.05, 0.1) is 5.56 Å².